The number of hydrogen-bond acceptors (Lipinski definition) is 4. The van der Waals surface area contributed by atoms with Gasteiger partial charge in [0.1, 0.15) is 5.75 Å². The number of hydrogen-bond donors (Lipinski definition) is 1. The van der Waals surface area contributed by atoms with Crippen molar-refractivity contribution in [2.75, 3.05) is 19.0 Å². The van der Waals surface area contributed by atoms with Gasteiger partial charge in [-0.2, -0.15) is 4.31 Å². The third-order valence-corrected chi connectivity index (χ3v) is 6.39. The van der Waals surface area contributed by atoms with Gasteiger partial charge in [0.25, 0.3) is 5.91 Å². The second-order valence-electron chi connectivity index (χ2n) is 6.87. The Morgan fingerprint density at radius 1 is 0.933 bits per heavy atom. The van der Waals surface area contributed by atoms with E-state index >= 15 is 0 Å². The lowest BCUT2D eigenvalue weighted by molar-refractivity contribution is -0.118. The number of anilines is 1. The summed E-state index contributed by atoms with van der Waals surface area (Å²) in [5.74, 6) is 0.128. The first-order valence-corrected chi connectivity index (χ1v) is 10.9. The number of nitrogens with zero attached hydrogens (tertiary/aromatic N) is 1. The predicted molar refractivity (Wildman–Crippen MR) is 117 cm³/mol. The first-order chi connectivity index (χ1) is 14.4. The molecule has 3 aromatic rings. The number of ether oxygens (including phenoxy) is 1. The lowest BCUT2D eigenvalue weighted by Crippen LogP contribution is -2.26. The van der Waals surface area contributed by atoms with Crippen molar-refractivity contribution in [3.05, 3.63) is 90.0 Å². The quantitative estimate of drug-likeness (QED) is 0.596. The molecule has 0 aliphatic heterocycles. The number of carbonyl (C=O) groups is 1. The van der Waals surface area contributed by atoms with Crippen LogP contribution in [0.3, 0.4) is 0 Å². The van der Waals surface area contributed by atoms with Crippen LogP contribution in [-0.4, -0.2) is 32.3 Å². The molecule has 156 valence electrons. The van der Waals surface area contributed by atoms with Crippen molar-refractivity contribution in [2.45, 2.75) is 18.4 Å². The largest absolute Gasteiger partial charge is 0.484 e. The molecule has 0 unspecified atom stereocenters. The highest BCUT2D eigenvalue weighted by molar-refractivity contribution is 7.89. The Labute approximate surface area is 177 Å². The maximum absolute atomic E-state index is 12.8. The Hall–Kier alpha value is -3.16. The number of amides is 1. The summed E-state index contributed by atoms with van der Waals surface area (Å²) in [6, 6.07) is 22.9. The molecule has 3 aromatic carbocycles. The van der Waals surface area contributed by atoms with Crippen molar-refractivity contribution >= 4 is 21.6 Å². The second kappa shape index (κ2) is 9.56. The maximum atomic E-state index is 12.8. The third-order valence-electron chi connectivity index (χ3n) is 4.57. The minimum Gasteiger partial charge on any atom is -0.484 e. The van der Waals surface area contributed by atoms with Crippen molar-refractivity contribution in [2.24, 2.45) is 0 Å². The molecular formula is C23H24N2O4S. The van der Waals surface area contributed by atoms with Crippen LogP contribution in [0.5, 0.6) is 5.75 Å². The van der Waals surface area contributed by atoms with E-state index in [0.717, 1.165) is 16.8 Å². The van der Waals surface area contributed by atoms with Crippen molar-refractivity contribution in [1.29, 1.82) is 0 Å². The van der Waals surface area contributed by atoms with Crippen LogP contribution in [0.2, 0.25) is 0 Å². The molecule has 30 heavy (non-hydrogen) atoms. The van der Waals surface area contributed by atoms with E-state index in [2.05, 4.69) is 5.32 Å². The standard InChI is InChI=1S/C23H24N2O4S/c1-18-8-6-7-11-22(18)24-23(26)17-29-20-12-14-21(15-13-20)30(27,28)25(2)16-19-9-4-3-5-10-19/h3-15H,16-17H2,1-2H3,(H,24,26). The monoisotopic (exact) mass is 424 g/mol. The Kier molecular flexibility index (Phi) is 6.87. The van der Waals surface area contributed by atoms with Crippen molar-refractivity contribution in [1.82, 2.24) is 4.31 Å². The van der Waals surface area contributed by atoms with Crippen molar-refractivity contribution < 1.29 is 17.9 Å². The fourth-order valence-electron chi connectivity index (χ4n) is 2.86. The molecule has 7 heteroatoms. The minimum absolute atomic E-state index is 0.164. The van der Waals surface area contributed by atoms with E-state index in [4.69, 9.17) is 4.74 Å². The number of carbonyl (C=O) groups excluding carboxylic acids is 1. The summed E-state index contributed by atoms with van der Waals surface area (Å²) in [4.78, 5) is 12.3. The van der Waals surface area contributed by atoms with Crippen LogP contribution < -0.4 is 10.1 Å². The maximum Gasteiger partial charge on any atom is 0.262 e. The molecule has 0 atom stereocenters. The van der Waals surface area contributed by atoms with Crippen LogP contribution in [-0.2, 0) is 21.4 Å². The summed E-state index contributed by atoms with van der Waals surface area (Å²) in [6.45, 7) is 2.01. The Balaban J connectivity index is 1.58. The number of aryl methyl sites for hydroxylation is 1. The van der Waals surface area contributed by atoms with Gasteiger partial charge >= 0.3 is 0 Å². The zero-order valence-electron chi connectivity index (χ0n) is 16.9. The first kappa shape index (κ1) is 21.5. The lowest BCUT2D eigenvalue weighted by atomic mass is 10.2. The summed E-state index contributed by atoms with van der Waals surface area (Å²) < 4.78 is 32.3. The van der Waals surface area contributed by atoms with Gasteiger partial charge < -0.3 is 10.1 Å². The minimum atomic E-state index is -3.63. The van der Waals surface area contributed by atoms with Gasteiger partial charge in [0.2, 0.25) is 10.0 Å². The molecule has 6 nitrogen and oxygen atoms in total. The van der Waals surface area contributed by atoms with E-state index in [1.165, 1.54) is 16.4 Å². The van der Waals surface area contributed by atoms with Crippen LogP contribution in [0.1, 0.15) is 11.1 Å². The summed E-state index contributed by atoms with van der Waals surface area (Å²) in [5.41, 5.74) is 2.59. The van der Waals surface area contributed by atoms with E-state index in [1.54, 1.807) is 19.2 Å². The van der Waals surface area contributed by atoms with E-state index in [-0.39, 0.29) is 24.0 Å². The van der Waals surface area contributed by atoms with Crippen molar-refractivity contribution in [3.63, 3.8) is 0 Å². The molecule has 0 bridgehead atoms. The molecule has 0 radical (unpaired) electrons. The van der Waals surface area contributed by atoms with E-state index < -0.39 is 10.0 Å². The molecule has 1 amide bonds. The highest BCUT2D eigenvalue weighted by Crippen LogP contribution is 2.20. The fraction of sp³-hybridized carbons (Fsp3) is 0.174. The normalized spacial score (nSPS) is 11.3. The fourth-order valence-corrected chi connectivity index (χ4v) is 4.02. The predicted octanol–water partition coefficient (Wildman–Crippen LogP) is 3.83. The topological polar surface area (TPSA) is 75.7 Å². The van der Waals surface area contributed by atoms with Crippen molar-refractivity contribution in [3.8, 4) is 5.75 Å². The molecule has 0 aromatic heterocycles. The van der Waals surface area contributed by atoms with Crippen LogP contribution in [0, 0.1) is 6.92 Å². The number of sulfonamides is 1. The van der Waals surface area contributed by atoms with Gasteiger partial charge in [-0.05, 0) is 48.4 Å². The molecule has 0 saturated heterocycles. The first-order valence-electron chi connectivity index (χ1n) is 9.45. The Bertz CT molecular complexity index is 1100. The molecule has 0 spiro atoms. The molecule has 0 heterocycles. The van der Waals surface area contributed by atoms with Crippen LogP contribution in [0.4, 0.5) is 5.69 Å². The molecular weight excluding hydrogens is 400 g/mol. The summed E-state index contributed by atoms with van der Waals surface area (Å²) >= 11 is 0. The number of para-hydroxylation sites is 1. The lowest BCUT2D eigenvalue weighted by Gasteiger charge is -2.17. The zero-order chi connectivity index (χ0) is 21.6. The average molecular weight is 425 g/mol. The molecule has 3 rings (SSSR count). The number of rotatable bonds is 8. The Morgan fingerprint density at radius 3 is 2.23 bits per heavy atom. The molecule has 0 saturated carbocycles. The average Bonchev–Trinajstić information content (AvgIpc) is 2.75. The van der Waals surface area contributed by atoms with Crippen LogP contribution in [0.25, 0.3) is 0 Å². The molecule has 0 fully saturated rings. The SMILES string of the molecule is Cc1ccccc1NC(=O)COc1ccc(S(=O)(=O)N(C)Cc2ccccc2)cc1. The molecule has 0 aliphatic rings. The van der Waals surface area contributed by atoms with E-state index in [9.17, 15) is 13.2 Å². The van der Waals surface area contributed by atoms with Gasteiger partial charge in [0.05, 0.1) is 4.90 Å². The van der Waals surface area contributed by atoms with Crippen LogP contribution >= 0.6 is 0 Å². The zero-order valence-corrected chi connectivity index (χ0v) is 17.7. The second-order valence-corrected chi connectivity index (χ2v) is 8.91. The number of benzene rings is 3. The van der Waals surface area contributed by atoms with Gasteiger partial charge in [-0.25, -0.2) is 8.42 Å². The Morgan fingerprint density at radius 2 is 1.57 bits per heavy atom. The van der Waals surface area contributed by atoms with E-state index in [1.807, 2.05) is 61.5 Å². The summed E-state index contributed by atoms with van der Waals surface area (Å²) in [7, 11) is -2.09. The highest BCUT2D eigenvalue weighted by Gasteiger charge is 2.21. The molecule has 0 aliphatic carbocycles. The number of nitrogens with one attached hydrogen (secondary N) is 1. The van der Waals surface area contributed by atoms with Gasteiger partial charge in [-0.1, -0.05) is 48.5 Å². The summed E-state index contributed by atoms with van der Waals surface area (Å²) in [5, 5.41) is 2.79. The van der Waals surface area contributed by atoms with Gasteiger partial charge in [0.15, 0.2) is 6.61 Å². The van der Waals surface area contributed by atoms with Gasteiger partial charge in [0, 0.05) is 19.3 Å². The van der Waals surface area contributed by atoms with Crippen LogP contribution in [0.15, 0.2) is 83.8 Å². The smallest absolute Gasteiger partial charge is 0.262 e. The van der Waals surface area contributed by atoms with Gasteiger partial charge in [-0.3, -0.25) is 4.79 Å². The summed E-state index contributed by atoms with van der Waals surface area (Å²) in [6.07, 6.45) is 0. The third kappa shape index (κ3) is 5.46. The molecule has 1 N–H and O–H groups in total. The highest BCUT2D eigenvalue weighted by atomic mass is 32.2. The van der Waals surface area contributed by atoms with E-state index in [0.29, 0.717) is 5.75 Å². The van der Waals surface area contributed by atoms with Gasteiger partial charge in [-0.15, -0.1) is 0 Å².